The maximum absolute atomic E-state index is 14.2. The summed E-state index contributed by atoms with van der Waals surface area (Å²) < 4.78 is 33.7. The monoisotopic (exact) mass is 732 g/mol. The number of carbonyl (C=O) groups is 1. The Labute approximate surface area is 287 Å². The highest BCUT2D eigenvalue weighted by Gasteiger charge is 2.35. The van der Waals surface area contributed by atoms with E-state index < -0.39 is 17.8 Å². The Balaban J connectivity index is 1.49. The zero-order valence-electron chi connectivity index (χ0n) is 25.2. The normalized spacial score (nSPS) is 14.4. The largest absolute Gasteiger partial charge is 0.493 e. The fourth-order valence-corrected chi connectivity index (χ4v) is 7.05. The first-order chi connectivity index (χ1) is 22.8. The first-order valence-electron chi connectivity index (χ1n) is 14.6. The van der Waals surface area contributed by atoms with Crippen molar-refractivity contribution in [1.29, 1.82) is 0 Å². The van der Waals surface area contributed by atoms with Gasteiger partial charge in [-0.25, -0.2) is 14.2 Å². The average Bonchev–Trinajstić information content (AvgIpc) is 3.38. The molecule has 0 saturated heterocycles. The van der Waals surface area contributed by atoms with Crippen molar-refractivity contribution in [1.82, 2.24) is 4.57 Å². The van der Waals surface area contributed by atoms with Crippen LogP contribution in [-0.2, 0) is 16.1 Å². The molecule has 0 bridgehead atoms. The lowest BCUT2D eigenvalue weighted by molar-refractivity contribution is -0.138. The van der Waals surface area contributed by atoms with Crippen molar-refractivity contribution in [3.8, 4) is 11.5 Å². The van der Waals surface area contributed by atoms with E-state index in [0.29, 0.717) is 52.7 Å². The summed E-state index contributed by atoms with van der Waals surface area (Å²) in [5.74, 6) is -0.121. The van der Waals surface area contributed by atoms with Crippen molar-refractivity contribution in [3.63, 3.8) is 0 Å². The molecule has 0 aliphatic carbocycles. The molecule has 1 aliphatic rings. The Bertz CT molecular complexity index is 2180. The molecule has 6 rings (SSSR count). The second-order valence-corrected chi connectivity index (χ2v) is 12.7. The lowest BCUT2D eigenvalue weighted by Crippen LogP contribution is -2.40. The zero-order valence-corrected chi connectivity index (χ0v) is 28.4. The van der Waals surface area contributed by atoms with Crippen molar-refractivity contribution in [3.05, 3.63) is 154 Å². The molecule has 0 unspecified atom stereocenters. The number of thiazole rings is 1. The second kappa shape index (κ2) is 14.1. The standard InChI is InChI=1S/C36H27BrClFN2O5S/c1-3-45-35(43)30-31(22-9-5-4-6-10-22)40-36-41(32(30)23-13-15-25(39)16-14-23)34(42)29(47-36)19-21-17-26(37)33(28(18-21)44-2)46-20-24-11-7-8-12-27(24)38/h4-19,32H,3,20H2,1-2H3/b29-19-/t32-/m0/s1. The molecule has 7 nitrogen and oxygen atoms in total. The summed E-state index contributed by atoms with van der Waals surface area (Å²) >= 11 is 11.1. The minimum absolute atomic E-state index is 0.125. The fourth-order valence-electron chi connectivity index (χ4n) is 5.28. The van der Waals surface area contributed by atoms with Gasteiger partial charge in [-0.1, -0.05) is 83.6 Å². The number of fused-ring (bicyclic) bond motifs is 1. The molecule has 0 saturated carbocycles. The van der Waals surface area contributed by atoms with Crippen LogP contribution in [0.1, 0.15) is 35.2 Å². The second-order valence-electron chi connectivity index (χ2n) is 10.4. The molecule has 0 radical (unpaired) electrons. The van der Waals surface area contributed by atoms with E-state index in [1.165, 1.54) is 35.1 Å². The number of hydrogen-bond donors (Lipinski definition) is 0. The summed E-state index contributed by atoms with van der Waals surface area (Å²) in [6.45, 7) is 2.06. The molecule has 47 heavy (non-hydrogen) atoms. The van der Waals surface area contributed by atoms with Gasteiger partial charge in [0, 0.05) is 16.1 Å². The third-order valence-corrected chi connectivity index (χ3v) is 9.38. The van der Waals surface area contributed by atoms with Crippen molar-refractivity contribution < 1.29 is 23.4 Å². The van der Waals surface area contributed by atoms with E-state index in [-0.39, 0.29) is 24.3 Å². The number of halogens is 3. The number of esters is 1. The number of benzene rings is 4. The minimum Gasteiger partial charge on any atom is -0.493 e. The van der Waals surface area contributed by atoms with Crippen molar-refractivity contribution >= 4 is 56.6 Å². The SMILES string of the molecule is CCOC(=O)C1=C(c2ccccc2)N=c2s/c(=C\c3cc(Br)c(OCc4ccccc4Cl)c(OC)c3)c(=O)n2[C@H]1c1ccc(F)cc1. The Kier molecular flexibility index (Phi) is 9.72. The number of nitrogens with zero attached hydrogens (tertiary/aromatic N) is 2. The average molecular weight is 734 g/mol. The summed E-state index contributed by atoms with van der Waals surface area (Å²) in [5.41, 5.74) is 2.91. The molecule has 2 heterocycles. The van der Waals surface area contributed by atoms with Crippen LogP contribution in [0.3, 0.4) is 0 Å². The quantitative estimate of drug-likeness (QED) is 0.152. The van der Waals surface area contributed by atoms with E-state index in [2.05, 4.69) is 15.9 Å². The van der Waals surface area contributed by atoms with Crippen LogP contribution < -0.4 is 24.4 Å². The maximum Gasteiger partial charge on any atom is 0.338 e. The van der Waals surface area contributed by atoms with Crippen molar-refractivity contribution in [2.45, 2.75) is 19.6 Å². The number of rotatable bonds is 9. The molecule has 0 N–H and O–H groups in total. The van der Waals surface area contributed by atoms with Gasteiger partial charge >= 0.3 is 5.97 Å². The summed E-state index contributed by atoms with van der Waals surface area (Å²) in [6, 6.07) is 25.0. The van der Waals surface area contributed by atoms with Crippen molar-refractivity contribution in [2.24, 2.45) is 4.99 Å². The van der Waals surface area contributed by atoms with Crippen LogP contribution in [0.2, 0.25) is 5.02 Å². The number of methoxy groups -OCH3 is 1. The molecule has 1 aromatic heterocycles. The predicted molar refractivity (Wildman–Crippen MR) is 184 cm³/mol. The summed E-state index contributed by atoms with van der Waals surface area (Å²) in [6.07, 6.45) is 1.73. The van der Waals surface area contributed by atoms with Gasteiger partial charge in [0.2, 0.25) is 0 Å². The highest BCUT2D eigenvalue weighted by atomic mass is 79.9. The minimum atomic E-state index is -0.912. The molecule has 1 aliphatic heterocycles. The lowest BCUT2D eigenvalue weighted by atomic mass is 9.93. The zero-order chi connectivity index (χ0) is 33.1. The van der Waals surface area contributed by atoms with E-state index >= 15 is 0 Å². The summed E-state index contributed by atoms with van der Waals surface area (Å²) in [5, 5.41) is 0.593. The van der Waals surface area contributed by atoms with Gasteiger partial charge in [-0.2, -0.15) is 0 Å². The van der Waals surface area contributed by atoms with Crippen molar-refractivity contribution in [2.75, 3.05) is 13.7 Å². The van der Waals surface area contributed by atoms with Gasteiger partial charge < -0.3 is 14.2 Å². The number of hydrogen-bond acceptors (Lipinski definition) is 7. The Hall–Kier alpha value is -4.51. The topological polar surface area (TPSA) is 79.1 Å². The van der Waals surface area contributed by atoms with E-state index in [1.807, 2.05) is 54.6 Å². The lowest BCUT2D eigenvalue weighted by Gasteiger charge is -2.25. The highest BCUT2D eigenvalue weighted by molar-refractivity contribution is 9.10. The molecular formula is C36H27BrClFN2O5S. The van der Waals surface area contributed by atoms with Gasteiger partial charge in [-0.3, -0.25) is 9.36 Å². The van der Waals surface area contributed by atoms with Gasteiger partial charge in [0.15, 0.2) is 16.3 Å². The van der Waals surface area contributed by atoms with E-state index in [1.54, 1.807) is 37.3 Å². The van der Waals surface area contributed by atoms with Crippen LogP contribution in [0.15, 0.2) is 111 Å². The smallest absolute Gasteiger partial charge is 0.338 e. The Morgan fingerprint density at radius 1 is 1.06 bits per heavy atom. The summed E-state index contributed by atoms with van der Waals surface area (Å²) in [4.78, 5) is 33.0. The Morgan fingerprint density at radius 2 is 1.79 bits per heavy atom. The fraction of sp³-hybridized carbons (Fsp3) is 0.139. The first-order valence-corrected chi connectivity index (χ1v) is 16.6. The van der Waals surface area contributed by atoms with Gasteiger partial charge in [0.1, 0.15) is 12.4 Å². The molecule has 4 aromatic carbocycles. The number of ether oxygens (including phenoxy) is 3. The van der Waals surface area contributed by atoms with Crippen LogP contribution in [-0.4, -0.2) is 24.3 Å². The molecule has 0 spiro atoms. The molecule has 0 fully saturated rings. The van der Waals surface area contributed by atoms with Gasteiger partial charge in [0.25, 0.3) is 5.56 Å². The van der Waals surface area contributed by atoms with Crippen LogP contribution in [0, 0.1) is 5.82 Å². The van der Waals surface area contributed by atoms with Crippen LogP contribution >= 0.6 is 38.9 Å². The van der Waals surface area contributed by atoms with Crippen LogP contribution in [0.5, 0.6) is 11.5 Å². The van der Waals surface area contributed by atoms with Gasteiger partial charge in [-0.05, 0) is 70.4 Å². The van der Waals surface area contributed by atoms with E-state index in [0.717, 1.165) is 5.56 Å². The first kappa shape index (κ1) is 32.4. The molecule has 238 valence electrons. The van der Waals surface area contributed by atoms with Crippen LogP contribution in [0.25, 0.3) is 11.8 Å². The third kappa shape index (κ3) is 6.67. The third-order valence-electron chi connectivity index (χ3n) is 7.44. The predicted octanol–water partition coefficient (Wildman–Crippen LogP) is 7.08. The Morgan fingerprint density at radius 3 is 2.49 bits per heavy atom. The molecule has 1 atom stereocenters. The van der Waals surface area contributed by atoms with Crippen LogP contribution in [0.4, 0.5) is 4.39 Å². The molecular weight excluding hydrogens is 707 g/mol. The van der Waals surface area contributed by atoms with Gasteiger partial charge in [0.05, 0.1) is 40.0 Å². The number of carbonyl (C=O) groups excluding carboxylic acids is 1. The van der Waals surface area contributed by atoms with Gasteiger partial charge in [-0.15, -0.1) is 0 Å². The van der Waals surface area contributed by atoms with E-state index in [9.17, 15) is 14.0 Å². The molecule has 0 amide bonds. The maximum atomic E-state index is 14.2. The molecule has 5 aromatic rings. The highest BCUT2D eigenvalue weighted by Crippen LogP contribution is 2.38. The van der Waals surface area contributed by atoms with E-state index in [4.69, 9.17) is 30.8 Å². The summed E-state index contributed by atoms with van der Waals surface area (Å²) in [7, 11) is 1.53. The number of aromatic nitrogens is 1. The molecule has 11 heteroatoms.